The zero-order valence-corrected chi connectivity index (χ0v) is 7.71. The van der Waals surface area contributed by atoms with Crippen LogP contribution in [0.3, 0.4) is 0 Å². The first-order valence-electron chi connectivity index (χ1n) is 4.99. The molecule has 2 aliphatic rings. The van der Waals surface area contributed by atoms with Crippen LogP contribution < -0.4 is 0 Å². The maximum atomic E-state index is 10.3. The van der Waals surface area contributed by atoms with Crippen LogP contribution in [0.15, 0.2) is 0 Å². The Morgan fingerprint density at radius 3 is 2.50 bits per heavy atom. The van der Waals surface area contributed by atoms with Crippen molar-refractivity contribution in [2.75, 3.05) is 0 Å². The molecule has 2 aliphatic carbocycles. The van der Waals surface area contributed by atoms with Crippen LogP contribution in [-0.2, 0) is 0 Å². The fraction of sp³-hybridized carbons (Fsp3) is 1.00. The number of rotatable bonds is 0. The molecule has 0 amide bonds. The summed E-state index contributed by atoms with van der Waals surface area (Å²) in [6, 6.07) is 0. The predicted octanol–water partition coefficient (Wildman–Crippen LogP) is 1.45. The van der Waals surface area contributed by atoms with E-state index in [9.17, 15) is 10.2 Å². The van der Waals surface area contributed by atoms with E-state index in [4.69, 9.17) is 0 Å². The Hall–Kier alpha value is -0.0800. The Morgan fingerprint density at radius 2 is 1.83 bits per heavy atom. The van der Waals surface area contributed by atoms with E-state index in [0.717, 1.165) is 32.1 Å². The highest BCUT2D eigenvalue weighted by Gasteiger charge is 2.56. The average molecular weight is 170 g/mol. The second-order valence-corrected chi connectivity index (χ2v) is 4.75. The van der Waals surface area contributed by atoms with Crippen molar-refractivity contribution in [1.29, 1.82) is 0 Å². The second kappa shape index (κ2) is 2.46. The maximum Gasteiger partial charge on any atom is 0.0958 e. The Balaban J connectivity index is 2.29. The fourth-order valence-electron chi connectivity index (χ4n) is 3.03. The molecule has 0 saturated heterocycles. The first-order valence-corrected chi connectivity index (χ1v) is 4.99. The number of aliphatic hydroxyl groups is 2. The molecule has 2 saturated carbocycles. The molecule has 0 radical (unpaired) electrons. The van der Waals surface area contributed by atoms with Gasteiger partial charge in [-0.15, -0.1) is 0 Å². The van der Waals surface area contributed by atoms with Gasteiger partial charge in [0, 0.05) is 0 Å². The zero-order chi connectivity index (χ0) is 8.82. The van der Waals surface area contributed by atoms with Gasteiger partial charge in [-0.1, -0.05) is 19.8 Å². The van der Waals surface area contributed by atoms with Crippen LogP contribution >= 0.6 is 0 Å². The molecule has 0 heterocycles. The van der Waals surface area contributed by atoms with E-state index in [1.54, 1.807) is 0 Å². The van der Waals surface area contributed by atoms with Crippen molar-refractivity contribution in [2.45, 2.75) is 57.2 Å². The van der Waals surface area contributed by atoms with Crippen LogP contribution in [0.4, 0.5) is 0 Å². The number of aliphatic hydroxyl groups excluding tert-OH is 1. The van der Waals surface area contributed by atoms with Gasteiger partial charge in [-0.3, -0.25) is 0 Å². The molecule has 1 unspecified atom stereocenters. The molecule has 12 heavy (non-hydrogen) atoms. The van der Waals surface area contributed by atoms with Gasteiger partial charge >= 0.3 is 0 Å². The van der Waals surface area contributed by atoms with E-state index < -0.39 is 11.7 Å². The molecule has 2 N–H and O–H groups in total. The average Bonchev–Trinajstić information content (AvgIpc) is 2.28. The third-order valence-corrected chi connectivity index (χ3v) is 4.10. The Morgan fingerprint density at radius 1 is 1.17 bits per heavy atom. The molecule has 3 atom stereocenters. The van der Waals surface area contributed by atoms with Crippen molar-refractivity contribution in [3.05, 3.63) is 0 Å². The second-order valence-electron chi connectivity index (χ2n) is 4.75. The summed E-state index contributed by atoms with van der Waals surface area (Å²) in [4.78, 5) is 0. The van der Waals surface area contributed by atoms with Gasteiger partial charge < -0.3 is 10.2 Å². The van der Waals surface area contributed by atoms with Crippen LogP contribution in [0.2, 0.25) is 0 Å². The summed E-state index contributed by atoms with van der Waals surface area (Å²) < 4.78 is 0. The quantitative estimate of drug-likeness (QED) is 0.577. The molecule has 0 bridgehead atoms. The lowest BCUT2D eigenvalue weighted by Gasteiger charge is -2.45. The highest BCUT2D eigenvalue weighted by atomic mass is 16.3. The van der Waals surface area contributed by atoms with Crippen molar-refractivity contribution in [1.82, 2.24) is 0 Å². The molecule has 70 valence electrons. The van der Waals surface area contributed by atoms with Gasteiger partial charge in [0.1, 0.15) is 0 Å². The Labute approximate surface area is 73.6 Å². The van der Waals surface area contributed by atoms with E-state index >= 15 is 0 Å². The number of hydrogen-bond donors (Lipinski definition) is 2. The van der Waals surface area contributed by atoms with Gasteiger partial charge in [-0.25, -0.2) is 0 Å². The van der Waals surface area contributed by atoms with Gasteiger partial charge in [-0.05, 0) is 31.1 Å². The molecular formula is C10H18O2. The fourth-order valence-corrected chi connectivity index (χ4v) is 3.03. The molecule has 0 spiro atoms. The van der Waals surface area contributed by atoms with Gasteiger partial charge in [0.2, 0.25) is 0 Å². The summed E-state index contributed by atoms with van der Waals surface area (Å²) in [6.07, 6.45) is 5.47. The molecule has 0 aromatic carbocycles. The molecule has 0 aromatic rings. The maximum absolute atomic E-state index is 10.3. The SMILES string of the molecule is C[C@@]12CCCC[C@]1(O)C(O)CC2. The molecule has 2 rings (SSSR count). The minimum absolute atomic E-state index is 0.00463. The summed E-state index contributed by atoms with van der Waals surface area (Å²) in [5, 5.41) is 20.0. The topological polar surface area (TPSA) is 40.5 Å². The van der Waals surface area contributed by atoms with E-state index in [1.165, 1.54) is 6.42 Å². The van der Waals surface area contributed by atoms with E-state index in [1.807, 2.05) is 0 Å². The van der Waals surface area contributed by atoms with Crippen molar-refractivity contribution in [3.63, 3.8) is 0 Å². The number of fused-ring (bicyclic) bond motifs is 1. The van der Waals surface area contributed by atoms with E-state index in [2.05, 4.69) is 6.92 Å². The molecule has 2 heteroatoms. The first-order chi connectivity index (χ1) is 5.58. The third-order valence-electron chi connectivity index (χ3n) is 4.10. The van der Waals surface area contributed by atoms with Crippen LogP contribution in [-0.4, -0.2) is 21.9 Å². The summed E-state index contributed by atoms with van der Waals surface area (Å²) in [5.41, 5.74) is -0.754. The van der Waals surface area contributed by atoms with Crippen molar-refractivity contribution >= 4 is 0 Å². The van der Waals surface area contributed by atoms with Gasteiger partial charge in [0.25, 0.3) is 0 Å². The van der Waals surface area contributed by atoms with Crippen LogP contribution in [0.25, 0.3) is 0 Å². The van der Waals surface area contributed by atoms with Crippen LogP contribution in [0, 0.1) is 5.41 Å². The van der Waals surface area contributed by atoms with Gasteiger partial charge in [-0.2, -0.15) is 0 Å². The molecule has 0 aliphatic heterocycles. The summed E-state index contributed by atoms with van der Waals surface area (Å²) >= 11 is 0. The van der Waals surface area contributed by atoms with Gasteiger partial charge in [0.15, 0.2) is 0 Å². The summed E-state index contributed by atoms with van der Waals surface area (Å²) in [6.45, 7) is 2.13. The molecule has 2 fully saturated rings. The Bertz CT molecular complexity index is 188. The van der Waals surface area contributed by atoms with Gasteiger partial charge in [0.05, 0.1) is 11.7 Å². The van der Waals surface area contributed by atoms with E-state index in [0.29, 0.717) is 0 Å². The normalized spacial score (nSPS) is 53.8. The molecule has 0 aromatic heterocycles. The first kappa shape index (κ1) is 8.52. The third kappa shape index (κ3) is 0.882. The highest BCUT2D eigenvalue weighted by molar-refractivity contribution is 5.08. The Kier molecular flexibility index (Phi) is 1.74. The lowest BCUT2D eigenvalue weighted by atomic mass is 9.66. The standard InChI is InChI=1S/C10H18O2/c1-9-5-2-3-6-10(9,12)8(11)4-7-9/h8,11-12H,2-7H2,1H3/t8?,9-,10-/m0/s1. The van der Waals surface area contributed by atoms with Crippen LogP contribution in [0.1, 0.15) is 45.4 Å². The predicted molar refractivity (Wildman–Crippen MR) is 46.8 cm³/mol. The lowest BCUT2D eigenvalue weighted by molar-refractivity contribution is -0.138. The van der Waals surface area contributed by atoms with Crippen molar-refractivity contribution in [2.24, 2.45) is 5.41 Å². The molecular weight excluding hydrogens is 152 g/mol. The summed E-state index contributed by atoms with van der Waals surface area (Å²) in [7, 11) is 0. The number of hydrogen-bond acceptors (Lipinski definition) is 2. The lowest BCUT2D eigenvalue weighted by Crippen LogP contribution is -2.51. The monoisotopic (exact) mass is 170 g/mol. The minimum atomic E-state index is -0.759. The minimum Gasteiger partial charge on any atom is -0.390 e. The van der Waals surface area contributed by atoms with Crippen LogP contribution in [0.5, 0.6) is 0 Å². The largest absolute Gasteiger partial charge is 0.390 e. The summed E-state index contributed by atoms with van der Waals surface area (Å²) in [5.74, 6) is 0. The van der Waals surface area contributed by atoms with E-state index in [-0.39, 0.29) is 5.41 Å². The highest BCUT2D eigenvalue weighted by Crippen LogP contribution is 2.54. The molecule has 2 nitrogen and oxygen atoms in total. The smallest absolute Gasteiger partial charge is 0.0958 e. The van der Waals surface area contributed by atoms with Crippen molar-refractivity contribution < 1.29 is 10.2 Å². The zero-order valence-electron chi connectivity index (χ0n) is 7.71. The van der Waals surface area contributed by atoms with Crippen molar-refractivity contribution in [3.8, 4) is 0 Å².